The number of rotatable bonds is 4. The number of amides is 1. The molecule has 146 valence electrons. The highest BCUT2D eigenvalue weighted by Crippen LogP contribution is 2.31. The number of hydrogen-bond acceptors (Lipinski definition) is 3. The van der Waals surface area contributed by atoms with Gasteiger partial charge in [-0.15, -0.1) is 0 Å². The SMILES string of the molecule is COc1cc(-n2cccc2)c(Cl)cc1C(=O)Nc1cc(C(F)(F)F)c[nH]c1=O. The van der Waals surface area contributed by atoms with Crippen LogP contribution in [0.15, 0.2) is 53.7 Å². The molecule has 0 radical (unpaired) electrons. The molecule has 0 atom stereocenters. The Morgan fingerprint density at radius 3 is 2.50 bits per heavy atom. The van der Waals surface area contributed by atoms with Crippen LogP contribution in [-0.2, 0) is 6.18 Å². The van der Waals surface area contributed by atoms with Gasteiger partial charge in [-0.05, 0) is 24.3 Å². The topological polar surface area (TPSA) is 76.1 Å². The lowest BCUT2D eigenvalue weighted by atomic mass is 10.1. The number of H-pyrrole nitrogens is 1. The molecule has 0 aliphatic heterocycles. The van der Waals surface area contributed by atoms with Crippen molar-refractivity contribution < 1.29 is 22.7 Å². The fraction of sp³-hybridized carbons (Fsp3) is 0.111. The number of halogens is 4. The molecule has 1 amide bonds. The third-order valence-corrected chi connectivity index (χ3v) is 4.18. The van der Waals surface area contributed by atoms with Crippen LogP contribution in [0.25, 0.3) is 5.69 Å². The van der Waals surface area contributed by atoms with Crippen molar-refractivity contribution in [2.75, 3.05) is 12.4 Å². The van der Waals surface area contributed by atoms with Gasteiger partial charge in [-0.1, -0.05) is 11.6 Å². The van der Waals surface area contributed by atoms with Gasteiger partial charge >= 0.3 is 6.18 Å². The summed E-state index contributed by atoms with van der Waals surface area (Å²) in [4.78, 5) is 26.3. The van der Waals surface area contributed by atoms with Crippen LogP contribution in [0.5, 0.6) is 5.75 Å². The number of benzene rings is 1. The number of aromatic nitrogens is 2. The average Bonchev–Trinajstić information content (AvgIpc) is 3.16. The maximum Gasteiger partial charge on any atom is 0.417 e. The quantitative estimate of drug-likeness (QED) is 0.678. The summed E-state index contributed by atoms with van der Waals surface area (Å²) in [6.45, 7) is 0. The van der Waals surface area contributed by atoms with E-state index in [-0.39, 0.29) is 16.3 Å². The third kappa shape index (κ3) is 3.89. The molecule has 10 heteroatoms. The predicted octanol–water partition coefficient (Wildman–Crippen LogP) is 4.10. The first-order valence-corrected chi connectivity index (χ1v) is 8.20. The van der Waals surface area contributed by atoms with Gasteiger partial charge in [0, 0.05) is 24.7 Å². The molecule has 0 aliphatic rings. The van der Waals surface area contributed by atoms with Gasteiger partial charge in [0.25, 0.3) is 11.5 Å². The first kappa shape index (κ1) is 19.6. The van der Waals surface area contributed by atoms with Crippen LogP contribution in [0, 0.1) is 0 Å². The van der Waals surface area contributed by atoms with Crippen LogP contribution in [-0.4, -0.2) is 22.6 Å². The maximum absolute atomic E-state index is 12.8. The molecule has 3 aromatic rings. The van der Waals surface area contributed by atoms with Crippen molar-refractivity contribution in [2.24, 2.45) is 0 Å². The fourth-order valence-electron chi connectivity index (χ4n) is 2.51. The molecule has 2 aromatic heterocycles. The van der Waals surface area contributed by atoms with E-state index in [1.54, 1.807) is 29.1 Å². The predicted molar refractivity (Wildman–Crippen MR) is 97.3 cm³/mol. The monoisotopic (exact) mass is 411 g/mol. The van der Waals surface area contributed by atoms with Crippen LogP contribution < -0.4 is 15.6 Å². The second-order valence-electron chi connectivity index (χ2n) is 5.68. The molecule has 0 saturated carbocycles. The summed E-state index contributed by atoms with van der Waals surface area (Å²) >= 11 is 6.24. The molecule has 1 aromatic carbocycles. The third-order valence-electron chi connectivity index (χ3n) is 3.87. The Labute approximate surface area is 161 Å². The summed E-state index contributed by atoms with van der Waals surface area (Å²) in [6, 6.07) is 6.94. The van der Waals surface area contributed by atoms with Crippen LogP contribution in [0.1, 0.15) is 15.9 Å². The highest BCUT2D eigenvalue weighted by Gasteiger charge is 2.31. The minimum absolute atomic E-state index is 0.0415. The Bertz CT molecular complexity index is 1080. The number of nitrogens with zero attached hydrogens (tertiary/aromatic N) is 1. The lowest BCUT2D eigenvalue weighted by Crippen LogP contribution is -2.22. The number of hydrogen-bond donors (Lipinski definition) is 2. The normalized spacial score (nSPS) is 11.3. The minimum Gasteiger partial charge on any atom is -0.496 e. The molecule has 0 spiro atoms. The first-order valence-electron chi connectivity index (χ1n) is 7.83. The zero-order valence-electron chi connectivity index (χ0n) is 14.3. The van der Waals surface area contributed by atoms with E-state index in [0.717, 1.165) is 0 Å². The van der Waals surface area contributed by atoms with Crippen molar-refractivity contribution in [3.05, 3.63) is 75.4 Å². The summed E-state index contributed by atoms with van der Waals surface area (Å²) in [6.07, 6.45) is -0.671. The second kappa shape index (κ2) is 7.43. The highest BCUT2D eigenvalue weighted by atomic mass is 35.5. The number of methoxy groups -OCH3 is 1. The van der Waals surface area contributed by atoms with E-state index >= 15 is 0 Å². The number of pyridine rings is 1. The van der Waals surface area contributed by atoms with E-state index in [1.807, 2.05) is 4.98 Å². The Morgan fingerprint density at radius 1 is 1.21 bits per heavy atom. The molecule has 0 aliphatic carbocycles. The van der Waals surface area contributed by atoms with Crippen molar-refractivity contribution in [2.45, 2.75) is 6.18 Å². The lowest BCUT2D eigenvalue weighted by molar-refractivity contribution is -0.137. The Kier molecular flexibility index (Phi) is 5.19. The molecular formula is C18H13ClF3N3O3. The van der Waals surface area contributed by atoms with Crippen LogP contribution in [0.2, 0.25) is 5.02 Å². The highest BCUT2D eigenvalue weighted by molar-refractivity contribution is 6.33. The van der Waals surface area contributed by atoms with E-state index in [4.69, 9.17) is 16.3 Å². The van der Waals surface area contributed by atoms with E-state index in [0.29, 0.717) is 18.0 Å². The molecule has 3 rings (SSSR count). The molecule has 0 unspecified atom stereocenters. The van der Waals surface area contributed by atoms with Crippen LogP contribution >= 0.6 is 11.6 Å². The van der Waals surface area contributed by atoms with E-state index in [2.05, 4.69) is 5.32 Å². The van der Waals surface area contributed by atoms with Crippen LogP contribution in [0.4, 0.5) is 18.9 Å². The second-order valence-corrected chi connectivity index (χ2v) is 6.08. The lowest BCUT2D eigenvalue weighted by Gasteiger charge is -2.14. The van der Waals surface area contributed by atoms with Crippen molar-refractivity contribution in [1.29, 1.82) is 0 Å². The van der Waals surface area contributed by atoms with Gasteiger partial charge in [0.05, 0.1) is 28.9 Å². The van der Waals surface area contributed by atoms with Gasteiger partial charge in [0.15, 0.2) is 0 Å². The summed E-state index contributed by atoms with van der Waals surface area (Å²) in [5.74, 6) is -0.711. The summed E-state index contributed by atoms with van der Waals surface area (Å²) in [5, 5.41) is 2.38. The molecule has 2 heterocycles. The Morgan fingerprint density at radius 2 is 1.89 bits per heavy atom. The number of anilines is 1. The average molecular weight is 412 g/mol. The minimum atomic E-state index is -4.68. The molecule has 2 N–H and O–H groups in total. The molecule has 0 fully saturated rings. The molecule has 0 saturated heterocycles. The van der Waals surface area contributed by atoms with Crippen molar-refractivity contribution in [3.8, 4) is 11.4 Å². The summed E-state index contributed by atoms with van der Waals surface area (Å²) < 4.78 is 45.4. The zero-order valence-corrected chi connectivity index (χ0v) is 15.1. The van der Waals surface area contributed by atoms with Gasteiger partial charge in [-0.25, -0.2) is 0 Å². The van der Waals surface area contributed by atoms with Gasteiger partial charge in [0.2, 0.25) is 0 Å². The zero-order chi connectivity index (χ0) is 20.5. The Hall–Kier alpha value is -3.20. The Balaban J connectivity index is 1.97. The fourth-order valence-corrected chi connectivity index (χ4v) is 2.77. The standard InChI is InChI=1S/C18H13ClF3N3O3/c1-28-15-8-14(25-4-2-3-5-25)12(19)7-11(15)16(26)24-13-6-10(18(20,21)22)9-23-17(13)27/h2-9H,1H3,(H,23,27)(H,24,26). The molecule has 6 nitrogen and oxygen atoms in total. The van der Waals surface area contributed by atoms with Crippen molar-refractivity contribution in [1.82, 2.24) is 9.55 Å². The number of ether oxygens (including phenoxy) is 1. The molecular weight excluding hydrogens is 399 g/mol. The van der Waals surface area contributed by atoms with Gasteiger partial charge in [-0.3, -0.25) is 9.59 Å². The molecule has 28 heavy (non-hydrogen) atoms. The molecule has 0 bridgehead atoms. The summed E-state index contributed by atoms with van der Waals surface area (Å²) in [5.41, 5.74) is -2.03. The van der Waals surface area contributed by atoms with Crippen LogP contribution in [0.3, 0.4) is 0 Å². The number of nitrogens with one attached hydrogen (secondary N) is 2. The van der Waals surface area contributed by atoms with Gasteiger partial charge in [-0.2, -0.15) is 13.2 Å². The van der Waals surface area contributed by atoms with Gasteiger partial charge < -0.3 is 19.6 Å². The van der Waals surface area contributed by atoms with E-state index < -0.39 is 28.9 Å². The maximum atomic E-state index is 12.8. The van der Waals surface area contributed by atoms with Gasteiger partial charge in [0.1, 0.15) is 11.4 Å². The smallest absolute Gasteiger partial charge is 0.417 e. The first-order chi connectivity index (χ1) is 13.2. The van der Waals surface area contributed by atoms with Crippen molar-refractivity contribution in [3.63, 3.8) is 0 Å². The summed E-state index contributed by atoms with van der Waals surface area (Å²) in [7, 11) is 1.33. The van der Waals surface area contributed by atoms with E-state index in [9.17, 15) is 22.8 Å². The number of carbonyl (C=O) groups is 1. The van der Waals surface area contributed by atoms with Crippen molar-refractivity contribution >= 4 is 23.2 Å². The number of aromatic amines is 1. The number of alkyl halides is 3. The van der Waals surface area contributed by atoms with E-state index in [1.165, 1.54) is 19.2 Å². The number of carbonyl (C=O) groups excluding carboxylic acids is 1. The largest absolute Gasteiger partial charge is 0.496 e.